The zero-order valence-electron chi connectivity index (χ0n) is 12.4. The van der Waals surface area contributed by atoms with Crippen molar-refractivity contribution >= 4 is 45.8 Å². The topological polar surface area (TPSA) is 51.5 Å². The van der Waals surface area contributed by atoms with E-state index in [2.05, 4.69) is 5.32 Å². The minimum atomic E-state index is -0.387. The summed E-state index contributed by atoms with van der Waals surface area (Å²) in [5.41, 5.74) is 1.78. The number of furan rings is 1. The minimum Gasteiger partial charge on any atom is -0.497 e. The maximum Gasteiger partial charge on any atom is 0.291 e. The van der Waals surface area contributed by atoms with Gasteiger partial charge >= 0.3 is 0 Å². The van der Waals surface area contributed by atoms with Gasteiger partial charge in [-0.1, -0.05) is 29.3 Å². The lowest BCUT2D eigenvalue weighted by molar-refractivity contribution is 0.0998. The average Bonchev–Trinajstić information content (AvgIpc) is 2.88. The maximum atomic E-state index is 12.5. The number of hydrogen-bond acceptors (Lipinski definition) is 3. The van der Waals surface area contributed by atoms with Crippen LogP contribution < -0.4 is 10.1 Å². The summed E-state index contributed by atoms with van der Waals surface area (Å²) < 4.78 is 10.9. The van der Waals surface area contributed by atoms with Crippen LogP contribution >= 0.6 is 23.2 Å². The van der Waals surface area contributed by atoms with Gasteiger partial charge in [-0.05, 0) is 37.3 Å². The highest BCUT2D eigenvalue weighted by Crippen LogP contribution is 2.32. The van der Waals surface area contributed by atoms with Crippen LogP contribution in [0.3, 0.4) is 0 Å². The molecule has 0 bridgehead atoms. The lowest BCUT2D eigenvalue weighted by Gasteiger charge is -2.07. The van der Waals surface area contributed by atoms with E-state index in [1.807, 2.05) is 13.0 Å². The van der Waals surface area contributed by atoms with Gasteiger partial charge in [-0.15, -0.1) is 0 Å². The lowest BCUT2D eigenvalue weighted by Crippen LogP contribution is -2.12. The Balaban J connectivity index is 1.98. The highest BCUT2D eigenvalue weighted by Gasteiger charge is 2.19. The number of benzene rings is 2. The second kappa shape index (κ2) is 6.14. The van der Waals surface area contributed by atoms with Crippen molar-refractivity contribution < 1.29 is 13.9 Å². The molecule has 0 saturated carbocycles. The fourth-order valence-corrected chi connectivity index (χ4v) is 2.67. The summed E-state index contributed by atoms with van der Waals surface area (Å²) in [6, 6.07) is 10.4. The number of carbonyl (C=O) groups is 1. The largest absolute Gasteiger partial charge is 0.497 e. The number of methoxy groups -OCH3 is 1. The Bertz CT molecular complexity index is 902. The Hall–Kier alpha value is -2.17. The van der Waals surface area contributed by atoms with E-state index in [9.17, 15) is 4.79 Å². The number of hydrogen-bond donors (Lipinski definition) is 1. The molecule has 1 amide bonds. The molecule has 0 aliphatic heterocycles. The third kappa shape index (κ3) is 2.87. The molecular weight excluding hydrogens is 337 g/mol. The predicted molar refractivity (Wildman–Crippen MR) is 91.9 cm³/mol. The van der Waals surface area contributed by atoms with Crippen LogP contribution in [0.4, 0.5) is 5.69 Å². The number of anilines is 1. The smallest absolute Gasteiger partial charge is 0.291 e. The van der Waals surface area contributed by atoms with Gasteiger partial charge in [0, 0.05) is 10.9 Å². The minimum absolute atomic E-state index is 0.226. The van der Waals surface area contributed by atoms with Crippen molar-refractivity contribution in [2.75, 3.05) is 12.4 Å². The number of ether oxygens (including phenoxy) is 1. The lowest BCUT2D eigenvalue weighted by atomic mass is 10.1. The van der Waals surface area contributed by atoms with E-state index in [0.29, 0.717) is 22.0 Å². The van der Waals surface area contributed by atoms with Crippen molar-refractivity contribution in [1.29, 1.82) is 0 Å². The number of rotatable bonds is 3. The van der Waals surface area contributed by atoms with Crippen LogP contribution in [0.5, 0.6) is 5.75 Å². The number of aryl methyl sites for hydroxylation is 1. The zero-order valence-corrected chi connectivity index (χ0v) is 14.0. The van der Waals surface area contributed by atoms with Gasteiger partial charge in [0.1, 0.15) is 11.3 Å². The van der Waals surface area contributed by atoms with Gasteiger partial charge in [0.15, 0.2) is 5.76 Å². The second-order valence-corrected chi connectivity index (χ2v) is 5.76. The maximum absolute atomic E-state index is 12.5. The van der Waals surface area contributed by atoms with Gasteiger partial charge in [0.25, 0.3) is 5.91 Å². The van der Waals surface area contributed by atoms with Crippen LogP contribution in [0.15, 0.2) is 40.8 Å². The highest BCUT2D eigenvalue weighted by atomic mass is 35.5. The van der Waals surface area contributed by atoms with E-state index in [1.54, 1.807) is 37.4 Å². The van der Waals surface area contributed by atoms with Gasteiger partial charge in [0.2, 0.25) is 0 Å². The normalized spacial score (nSPS) is 10.8. The second-order valence-electron chi connectivity index (χ2n) is 4.97. The number of carbonyl (C=O) groups excluding carboxylic acids is 1. The van der Waals surface area contributed by atoms with E-state index in [0.717, 1.165) is 10.9 Å². The van der Waals surface area contributed by atoms with Gasteiger partial charge in [-0.3, -0.25) is 4.79 Å². The molecule has 0 aliphatic carbocycles. The fraction of sp³-hybridized carbons (Fsp3) is 0.118. The molecule has 0 atom stereocenters. The van der Waals surface area contributed by atoms with E-state index < -0.39 is 0 Å². The molecule has 2 aromatic carbocycles. The van der Waals surface area contributed by atoms with E-state index in [1.165, 1.54) is 0 Å². The average molecular weight is 350 g/mol. The third-order valence-electron chi connectivity index (χ3n) is 3.55. The molecule has 0 fully saturated rings. The van der Waals surface area contributed by atoms with Crippen LogP contribution in [0.1, 0.15) is 16.1 Å². The summed E-state index contributed by atoms with van der Waals surface area (Å²) in [5.74, 6) is 0.539. The van der Waals surface area contributed by atoms with E-state index >= 15 is 0 Å². The molecule has 0 aliphatic rings. The standard InChI is InChI=1S/C17H13Cl2NO3/c1-9-11-8-10(22-2)6-7-14(11)23-16(9)17(21)20-13-5-3-4-12(18)15(13)19/h3-8H,1-2H3,(H,20,21). The zero-order chi connectivity index (χ0) is 16.6. The fourth-order valence-electron chi connectivity index (χ4n) is 2.32. The molecule has 118 valence electrons. The molecule has 1 aromatic heterocycles. The number of amides is 1. The summed E-state index contributed by atoms with van der Waals surface area (Å²) in [5, 5.41) is 4.20. The van der Waals surface area contributed by atoms with E-state index in [4.69, 9.17) is 32.4 Å². The van der Waals surface area contributed by atoms with Crippen molar-refractivity contribution in [2.24, 2.45) is 0 Å². The molecule has 4 nitrogen and oxygen atoms in total. The quantitative estimate of drug-likeness (QED) is 0.697. The molecule has 1 N–H and O–H groups in total. The molecule has 23 heavy (non-hydrogen) atoms. The first-order valence-corrected chi connectivity index (χ1v) is 7.59. The molecule has 3 rings (SSSR count). The van der Waals surface area contributed by atoms with Crippen molar-refractivity contribution in [3.63, 3.8) is 0 Å². The first kappa shape index (κ1) is 15.7. The first-order valence-electron chi connectivity index (χ1n) is 6.83. The van der Waals surface area contributed by atoms with Crippen molar-refractivity contribution in [3.05, 3.63) is 57.8 Å². The molecule has 1 heterocycles. The molecule has 0 spiro atoms. The number of fused-ring (bicyclic) bond motifs is 1. The van der Waals surface area contributed by atoms with Crippen LogP contribution in [-0.2, 0) is 0 Å². The summed E-state index contributed by atoms with van der Waals surface area (Å²) in [6.45, 7) is 1.82. The molecule has 3 aromatic rings. The van der Waals surface area contributed by atoms with Crippen molar-refractivity contribution in [2.45, 2.75) is 6.92 Å². The Morgan fingerprint density at radius 2 is 2.00 bits per heavy atom. The van der Waals surface area contributed by atoms with Crippen molar-refractivity contribution in [3.8, 4) is 5.75 Å². The molecule has 6 heteroatoms. The van der Waals surface area contributed by atoms with Crippen LogP contribution in [0, 0.1) is 6.92 Å². The Kier molecular flexibility index (Phi) is 4.20. The van der Waals surface area contributed by atoms with Gasteiger partial charge in [-0.25, -0.2) is 0 Å². The molecule has 0 unspecified atom stereocenters. The van der Waals surface area contributed by atoms with Gasteiger partial charge in [-0.2, -0.15) is 0 Å². The van der Waals surface area contributed by atoms with Crippen LogP contribution in [0.2, 0.25) is 10.0 Å². The summed E-state index contributed by atoms with van der Waals surface area (Å²) in [7, 11) is 1.59. The number of halogens is 2. The van der Waals surface area contributed by atoms with Crippen LogP contribution in [-0.4, -0.2) is 13.0 Å². The van der Waals surface area contributed by atoms with Gasteiger partial charge < -0.3 is 14.5 Å². The Morgan fingerprint density at radius 1 is 1.22 bits per heavy atom. The van der Waals surface area contributed by atoms with Crippen LogP contribution in [0.25, 0.3) is 11.0 Å². The first-order chi connectivity index (χ1) is 11.0. The monoisotopic (exact) mass is 349 g/mol. The Labute approximate surface area is 142 Å². The molecule has 0 radical (unpaired) electrons. The number of nitrogens with one attached hydrogen (secondary N) is 1. The summed E-state index contributed by atoms with van der Waals surface area (Å²) >= 11 is 12.0. The Morgan fingerprint density at radius 3 is 2.74 bits per heavy atom. The highest BCUT2D eigenvalue weighted by molar-refractivity contribution is 6.44. The summed E-state index contributed by atoms with van der Waals surface area (Å²) in [6.07, 6.45) is 0. The molecular formula is C17H13Cl2NO3. The third-order valence-corrected chi connectivity index (χ3v) is 4.37. The predicted octanol–water partition coefficient (Wildman–Crippen LogP) is 5.31. The van der Waals surface area contributed by atoms with E-state index in [-0.39, 0.29) is 16.7 Å². The summed E-state index contributed by atoms with van der Waals surface area (Å²) in [4.78, 5) is 12.5. The van der Waals surface area contributed by atoms with Gasteiger partial charge in [0.05, 0.1) is 22.8 Å². The van der Waals surface area contributed by atoms with Crippen molar-refractivity contribution in [1.82, 2.24) is 0 Å². The molecule has 0 saturated heterocycles. The SMILES string of the molecule is COc1ccc2oc(C(=O)Nc3cccc(Cl)c3Cl)c(C)c2c1.